The van der Waals surface area contributed by atoms with E-state index in [1.54, 1.807) is 17.0 Å². The van der Waals surface area contributed by atoms with Gasteiger partial charge in [-0.2, -0.15) is 0 Å². The van der Waals surface area contributed by atoms with E-state index in [9.17, 15) is 9.59 Å². The minimum Gasteiger partial charge on any atom is -0.382 e. The summed E-state index contributed by atoms with van der Waals surface area (Å²) < 4.78 is 0. The summed E-state index contributed by atoms with van der Waals surface area (Å²) in [6.45, 7) is 3.07. The minimum atomic E-state index is -0.703. The highest BCUT2D eigenvalue weighted by Crippen LogP contribution is 2.18. The van der Waals surface area contributed by atoms with Gasteiger partial charge in [0.15, 0.2) is 0 Å². The molecule has 0 aliphatic carbocycles. The number of carbonyl (C=O) groups is 2. The van der Waals surface area contributed by atoms with Crippen molar-refractivity contribution in [1.29, 1.82) is 0 Å². The molecule has 0 bridgehead atoms. The van der Waals surface area contributed by atoms with Crippen LogP contribution in [-0.4, -0.2) is 73.2 Å². The second kappa shape index (κ2) is 7.84. The van der Waals surface area contributed by atoms with Gasteiger partial charge in [-0.25, -0.2) is 0 Å². The lowest BCUT2D eigenvalue weighted by Crippen LogP contribution is -2.50. The van der Waals surface area contributed by atoms with E-state index in [0.717, 1.165) is 18.7 Å². The number of likely N-dealkylation sites (N-methyl/N-ethyl adjacent to an activating group) is 1. The Morgan fingerprint density at radius 1 is 1.24 bits per heavy atom. The maximum atomic E-state index is 12.2. The van der Waals surface area contributed by atoms with Gasteiger partial charge in [-0.05, 0) is 24.7 Å². The van der Waals surface area contributed by atoms with Crippen molar-refractivity contribution in [3.8, 4) is 0 Å². The largest absolute Gasteiger partial charge is 0.382 e. The molecule has 2 aliphatic rings. The molecule has 1 saturated heterocycles. The topological polar surface area (TPSA) is 74.2 Å². The maximum absolute atomic E-state index is 12.2. The summed E-state index contributed by atoms with van der Waals surface area (Å²) in [6.07, 6.45) is -0.332. The molecule has 2 aliphatic heterocycles. The first-order valence-electron chi connectivity index (χ1n) is 8.25. The van der Waals surface area contributed by atoms with Crippen LogP contribution in [0, 0.1) is 0 Å². The number of halogens is 1. The van der Waals surface area contributed by atoms with Crippen LogP contribution in [0.15, 0.2) is 29.4 Å². The Kier molecular flexibility index (Phi) is 5.55. The fourth-order valence-electron chi connectivity index (χ4n) is 2.78. The molecule has 1 atom stereocenters. The number of nitrogens with zero attached hydrogens (tertiary/aromatic N) is 3. The zero-order chi connectivity index (χ0) is 17.8. The van der Waals surface area contributed by atoms with E-state index in [2.05, 4.69) is 15.4 Å². The van der Waals surface area contributed by atoms with Gasteiger partial charge in [0.1, 0.15) is 0 Å². The van der Waals surface area contributed by atoms with Crippen molar-refractivity contribution >= 4 is 29.1 Å². The highest BCUT2D eigenvalue weighted by Gasteiger charge is 2.29. The number of hydrogen-bond donors (Lipinski definition) is 1. The lowest BCUT2D eigenvalue weighted by molar-refractivity contribution is -0.137. The molecule has 1 aromatic rings. The lowest BCUT2D eigenvalue weighted by Gasteiger charge is -2.32. The summed E-state index contributed by atoms with van der Waals surface area (Å²) >= 11 is 5.87. The molecule has 2 amide bonds. The van der Waals surface area contributed by atoms with Crippen LogP contribution < -0.4 is 5.32 Å². The van der Waals surface area contributed by atoms with Crippen LogP contribution in [-0.2, 0) is 14.4 Å². The summed E-state index contributed by atoms with van der Waals surface area (Å²) in [4.78, 5) is 33.5. The summed E-state index contributed by atoms with van der Waals surface area (Å²) in [7, 11) is 2.03. The Bertz CT molecular complexity index is 669. The monoisotopic (exact) mass is 364 g/mol. The summed E-state index contributed by atoms with van der Waals surface area (Å²) in [5, 5.41) is 7.26. The molecule has 1 aromatic carbocycles. The molecule has 3 rings (SSSR count). The number of oxime groups is 1. The predicted octanol–water partition coefficient (Wildman–Crippen LogP) is 0.723. The molecule has 0 aromatic heterocycles. The Morgan fingerprint density at radius 3 is 2.60 bits per heavy atom. The first-order valence-corrected chi connectivity index (χ1v) is 8.63. The van der Waals surface area contributed by atoms with E-state index >= 15 is 0 Å². The molecule has 0 saturated carbocycles. The van der Waals surface area contributed by atoms with Gasteiger partial charge >= 0.3 is 0 Å². The van der Waals surface area contributed by atoms with E-state index < -0.39 is 6.10 Å². The molecule has 1 fully saturated rings. The lowest BCUT2D eigenvalue weighted by atomic mass is 10.0. The molecular formula is C17H21ClN4O3. The number of nitrogens with one attached hydrogen (secondary N) is 1. The van der Waals surface area contributed by atoms with Gasteiger partial charge in [-0.1, -0.05) is 28.9 Å². The van der Waals surface area contributed by atoms with Gasteiger partial charge in [0.05, 0.1) is 12.3 Å². The average Bonchev–Trinajstić information content (AvgIpc) is 3.11. The summed E-state index contributed by atoms with van der Waals surface area (Å²) in [6, 6.07) is 7.20. The summed E-state index contributed by atoms with van der Waals surface area (Å²) in [5.74, 6) is -0.395. The highest BCUT2D eigenvalue weighted by molar-refractivity contribution is 6.30. The number of hydrogen-bond acceptors (Lipinski definition) is 5. The molecule has 2 heterocycles. The van der Waals surface area contributed by atoms with Gasteiger partial charge in [0.2, 0.25) is 12.0 Å². The molecule has 0 spiro atoms. The number of rotatable bonds is 4. The van der Waals surface area contributed by atoms with Gasteiger partial charge in [-0.15, -0.1) is 0 Å². The van der Waals surface area contributed by atoms with Crippen LogP contribution >= 0.6 is 11.6 Å². The van der Waals surface area contributed by atoms with E-state index in [1.807, 2.05) is 19.2 Å². The SMILES string of the molecule is CN1CCN(C(=O)CNC(=O)[C@@H]2CC(c3ccc(Cl)cc3)=NO2)CC1. The minimum absolute atomic E-state index is 0.0152. The van der Waals surface area contributed by atoms with Crippen LogP contribution in [0.2, 0.25) is 5.02 Å². The standard InChI is InChI=1S/C17H21ClN4O3/c1-21-6-8-22(9-7-21)16(23)11-19-17(24)15-10-14(20-25-15)12-2-4-13(18)5-3-12/h2-5,15H,6-11H2,1H3,(H,19,24)/t15-/m0/s1. The molecule has 25 heavy (non-hydrogen) atoms. The Labute approximate surface area is 151 Å². The maximum Gasteiger partial charge on any atom is 0.264 e. The normalized spacial score (nSPS) is 20.8. The van der Waals surface area contributed by atoms with Crippen LogP contribution in [0.5, 0.6) is 0 Å². The number of amides is 2. The van der Waals surface area contributed by atoms with Crippen LogP contribution in [0.1, 0.15) is 12.0 Å². The van der Waals surface area contributed by atoms with E-state index in [4.69, 9.17) is 16.4 Å². The second-order valence-electron chi connectivity index (χ2n) is 6.24. The van der Waals surface area contributed by atoms with Gasteiger partial charge in [-0.3, -0.25) is 9.59 Å². The van der Waals surface area contributed by atoms with Gasteiger partial charge in [0, 0.05) is 37.6 Å². The Balaban J connectivity index is 1.45. The van der Waals surface area contributed by atoms with Crippen LogP contribution in [0.4, 0.5) is 0 Å². The highest BCUT2D eigenvalue weighted by atomic mass is 35.5. The first-order chi connectivity index (χ1) is 12.0. The second-order valence-corrected chi connectivity index (χ2v) is 6.68. The Morgan fingerprint density at radius 2 is 1.92 bits per heavy atom. The predicted molar refractivity (Wildman–Crippen MR) is 94.6 cm³/mol. The summed E-state index contributed by atoms with van der Waals surface area (Å²) in [5.41, 5.74) is 1.57. The molecule has 134 valence electrons. The fourth-order valence-corrected chi connectivity index (χ4v) is 2.90. The van der Waals surface area contributed by atoms with Gasteiger partial charge < -0.3 is 20.0 Å². The van der Waals surface area contributed by atoms with Crippen molar-refractivity contribution in [1.82, 2.24) is 15.1 Å². The Hall–Kier alpha value is -2.12. The number of carbonyl (C=O) groups excluding carboxylic acids is 2. The third-order valence-corrected chi connectivity index (χ3v) is 4.66. The van der Waals surface area contributed by atoms with E-state index in [1.165, 1.54) is 0 Å². The molecule has 8 heteroatoms. The fraction of sp³-hybridized carbons (Fsp3) is 0.471. The zero-order valence-corrected chi connectivity index (χ0v) is 14.8. The molecule has 0 unspecified atom stereocenters. The molecular weight excluding hydrogens is 344 g/mol. The van der Waals surface area contributed by atoms with Gasteiger partial charge in [0.25, 0.3) is 5.91 Å². The third-order valence-electron chi connectivity index (χ3n) is 4.41. The van der Waals surface area contributed by atoms with Crippen molar-refractivity contribution in [3.05, 3.63) is 34.9 Å². The quantitative estimate of drug-likeness (QED) is 0.854. The third kappa shape index (κ3) is 4.49. The van der Waals surface area contributed by atoms with E-state index in [-0.39, 0.29) is 18.4 Å². The van der Waals surface area contributed by atoms with Crippen molar-refractivity contribution in [3.63, 3.8) is 0 Å². The molecule has 1 N–H and O–H groups in total. The van der Waals surface area contributed by atoms with Crippen molar-refractivity contribution in [2.45, 2.75) is 12.5 Å². The van der Waals surface area contributed by atoms with E-state index in [0.29, 0.717) is 30.2 Å². The van der Waals surface area contributed by atoms with Crippen LogP contribution in [0.25, 0.3) is 0 Å². The smallest absolute Gasteiger partial charge is 0.264 e. The van der Waals surface area contributed by atoms with Crippen LogP contribution in [0.3, 0.4) is 0 Å². The zero-order valence-electron chi connectivity index (χ0n) is 14.1. The molecule has 7 nitrogen and oxygen atoms in total. The number of piperazine rings is 1. The molecule has 0 radical (unpaired) electrons. The average molecular weight is 365 g/mol. The van der Waals surface area contributed by atoms with Crippen molar-refractivity contribution in [2.24, 2.45) is 5.16 Å². The van der Waals surface area contributed by atoms with Crippen molar-refractivity contribution < 1.29 is 14.4 Å². The first kappa shape index (κ1) is 17.7. The number of benzene rings is 1. The van der Waals surface area contributed by atoms with Crippen molar-refractivity contribution in [2.75, 3.05) is 39.8 Å².